The molecule has 7 nitrogen and oxygen atoms in total. The molecule has 3 aromatic carbocycles. The maximum absolute atomic E-state index is 14.4. The average molecular weight is 491 g/mol. The molecule has 3 aliphatic rings. The van der Waals surface area contributed by atoms with Crippen molar-refractivity contribution in [2.75, 3.05) is 4.90 Å². The minimum absolute atomic E-state index is 0.0637. The minimum Gasteiger partial charge on any atom is -0.296 e. The Morgan fingerprint density at radius 2 is 1.54 bits per heavy atom. The first-order valence-electron chi connectivity index (χ1n) is 12.7. The molecular formula is C30H26N4O3. The summed E-state index contributed by atoms with van der Waals surface area (Å²) in [5.41, 5.74) is 2.27. The monoisotopic (exact) mass is 490 g/mol. The Morgan fingerprint density at radius 1 is 0.865 bits per heavy atom. The zero-order chi connectivity index (χ0) is 25.6. The number of rotatable bonds is 2. The second kappa shape index (κ2) is 7.46. The lowest BCUT2D eigenvalue weighted by Gasteiger charge is -2.32. The molecule has 4 atom stereocenters. The number of carbonyl (C=O) groups is 2. The van der Waals surface area contributed by atoms with Crippen molar-refractivity contribution in [3.8, 4) is 5.69 Å². The molecule has 2 saturated heterocycles. The molecule has 0 radical (unpaired) electrons. The van der Waals surface area contributed by atoms with E-state index >= 15 is 0 Å². The number of fused-ring (bicyclic) bond motifs is 8. The molecule has 1 spiro atoms. The Labute approximate surface area is 213 Å². The van der Waals surface area contributed by atoms with Crippen LogP contribution in [0.4, 0.5) is 5.69 Å². The summed E-state index contributed by atoms with van der Waals surface area (Å²) in [5.74, 6) is -1.25. The van der Waals surface area contributed by atoms with Gasteiger partial charge in [0, 0.05) is 11.6 Å². The standard InChI is InChI=1S/C30H26N4O3/c1-16(2)25-23-24(28(37)33(27(23)36)21-14-8-4-10-17(21)3)30(32-25)19-12-6-9-15-22(19)34-26(35)18-11-5-7-13-20(18)31-29(30)34/h4-16,23-25,32H,1-3H3/t23-,24-,25+,30+/m1/s1. The molecule has 2 fully saturated rings. The molecule has 7 rings (SSSR count). The summed E-state index contributed by atoms with van der Waals surface area (Å²) in [6.45, 7) is 6.03. The highest BCUT2D eigenvalue weighted by atomic mass is 16.2. The Morgan fingerprint density at radius 3 is 2.30 bits per heavy atom. The van der Waals surface area contributed by atoms with Gasteiger partial charge in [-0.25, -0.2) is 9.88 Å². The summed E-state index contributed by atoms with van der Waals surface area (Å²) in [5, 5.41) is 4.25. The Kier molecular flexibility index (Phi) is 4.46. The van der Waals surface area contributed by atoms with Crippen molar-refractivity contribution in [3.63, 3.8) is 0 Å². The fourth-order valence-corrected chi connectivity index (χ4v) is 6.78. The summed E-state index contributed by atoms with van der Waals surface area (Å²) in [4.78, 5) is 48.7. The molecule has 1 aromatic heterocycles. The lowest BCUT2D eigenvalue weighted by atomic mass is 9.75. The molecule has 0 unspecified atom stereocenters. The van der Waals surface area contributed by atoms with E-state index in [0.29, 0.717) is 28.1 Å². The van der Waals surface area contributed by atoms with Gasteiger partial charge in [-0.3, -0.25) is 24.3 Å². The van der Waals surface area contributed by atoms with Crippen LogP contribution >= 0.6 is 0 Å². The van der Waals surface area contributed by atoms with Crippen molar-refractivity contribution in [1.82, 2.24) is 14.9 Å². The summed E-state index contributed by atoms with van der Waals surface area (Å²) in [7, 11) is 0. The van der Waals surface area contributed by atoms with Crippen molar-refractivity contribution in [3.05, 3.63) is 100 Å². The normalized spacial score (nSPS) is 25.8. The molecule has 0 aliphatic carbocycles. The number of aromatic nitrogens is 2. The Balaban J connectivity index is 1.55. The molecule has 7 heteroatoms. The molecule has 4 aromatic rings. The van der Waals surface area contributed by atoms with Crippen molar-refractivity contribution in [2.45, 2.75) is 32.4 Å². The first-order chi connectivity index (χ1) is 17.9. The quantitative estimate of drug-likeness (QED) is 0.434. The van der Waals surface area contributed by atoms with Gasteiger partial charge in [-0.05, 0) is 42.7 Å². The fourth-order valence-electron chi connectivity index (χ4n) is 6.78. The molecule has 1 N–H and O–H groups in total. The molecule has 2 amide bonds. The van der Waals surface area contributed by atoms with Gasteiger partial charge in [0.1, 0.15) is 11.4 Å². The molecule has 184 valence electrons. The third-order valence-corrected chi connectivity index (χ3v) is 8.37. The van der Waals surface area contributed by atoms with Crippen molar-refractivity contribution in [2.24, 2.45) is 17.8 Å². The van der Waals surface area contributed by atoms with E-state index in [1.54, 1.807) is 10.6 Å². The van der Waals surface area contributed by atoms with Crippen LogP contribution in [0.2, 0.25) is 0 Å². The predicted molar refractivity (Wildman–Crippen MR) is 141 cm³/mol. The Bertz CT molecular complexity index is 1710. The highest BCUT2D eigenvalue weighted by molar-refractivity contribution is 6.23. The van der Waals surface area contributed by atoms with Gasteiger partial charge >= 0.3 is 0 Å². The number of amides is 2. The van der Waals surface area contributed by atoms with Crippen LogP contribution in [0.25, 0.3) is 16.6 Å². The van der Waals surface area contributed by atoms with Gasteiger partial charge in [0.25, 0.3) is 5.56 Å². The van der Waals surface area contributed by atoms with Gasteiger partial charge in [-0.15, -0.1) is 0 Å². The number of aryl methyl sites for hydroxylation is 1. The number of anilines is 1. The Hall–Kier alpha value is -4.10. The summed E-state index contributed by atoms with van der Waals surface area (Å²) >= 11 is 0. The van der Waals surface area contributed by atoms with E-state index in [2.05, 4.69) is 19.2 Å². The third kappa shape index (κ3) is 2.64. The average Bonchev–Trinajstić information content (AvgIpc) is 3.49. The number of nitrogens with zero attached hydrogens (tertiary/aromatic N) is 3. The number of hydrogen-bond donors (Lipinski definition) is 1. The number of hydrogen-bond acceptors (Lipinski definition) is 5. The highest BCUT2D eigenvalue weighted by Crippen LogP contribution is 2.56. The van der Waals surface area contributed by atoms with Crippen LogP contribution in [0, 0.1) is 24.7 Å². The predicted octanol–water partition coefficient (Wildman–Crippen LogP) is 3.68. The highest BCUT2D eigenvalue weighted by Gasteiger charge is 2.70. The first-order valence-corrected chi connectivity index (χ1v) is 12.7. The van der Waals surface area contributed by atoms with Gasteiger partial charge < -0.3 is 0 Å². The van der Waals surface area contributed by atoms with E-state index < -0.39 is 17.4 Å². The minimum atomic E-state index is -1.11. The number of carbonyl (C=O) groups excluding carboxylic acids is 2. The summed E-state index contributed by atoms with van der Waals surface area (Å²) < 4.78 is 1.64. The van der Waals surface area contributed by atoms with Gasteiger partial charge in [0.2, 0.25) is 11.8 Å². The van der Waals surface area contributed by atoms with Crippen LogP contribution in [0.5, 0.6) is 0 Å². The number of imide groups is 1. The zero-order valence-corrected chi connectivity index (χ0v) is 20.8. The summed E-state index contributed by atoms with van der Waals surface area (Å²) in [6.07, 6.45) is 0. The number of benzene rings is 3. The van der Waals surface area contributed by atoms with Crippen LogP contribution in [0.15, 0.2) is 77.6 Å². The lowest BCUT2D eigenvalue weighted by Crippen LogP contribution is -2.51. The van der Waals surface area contributed by atoms with Crippen LogP contribution < -0.4 is 15.8 Å². The van der Waals surface area contributed by atoms with Crippen molar-refractivity contribution >= 4 is 28.4 Å². The van der Waals surface area contributed by atoms with Gasteiger partial charge in [0.05, 0.1) is 34.1 Å². The van der Waals surface area contributed by atoms with E-state index in [0.717, 1.165) is 11.1 Å². The van der Waals surface area contributed by atoms with Crippen LogP contribution in [0.3, 0.4) is 0 Å². The van der Waals surface area contributed by atoms with Crippen LogP contribution in [-0.2, 0) is 15.1 Å². The second-order valence-electron chi connectivity index (χ2n) is 10.6. The van der Waals surface area contributed by atoms with E-state index in [4.69, 9.17) is 4.98 Å². The number of nitrogens with one attached hydrogen (secondary N) is 1. The van der Waals surface area contributed by atoms with E-state index in [1.807, 2.05) is 73.7 Å². The molecule has 0 saturated carbocycles. The van der Waals surface area contributed by atoms with Gasteiger partial charge in [-0.1, -0.05) is 62.4 Å². The largest absolute Gasteiger partial charge is 0.296 e. The zero-order valence-electron chi connectivity index (χ0n) is 20.8. The topological polar surface area (TPSA) is 84.3 Å². The molecular weight excluding hydrogens is 464 g/mol. The molecule has 37 heavy (non-hydrogen) atoms. The van der Waals surface area contributed by atoms with Crippen molar-refractivity contribution < 1.29 is 9.59 Å². The molecule has 4 heterocycles. The number of para-hydroxylation sites is 3. The smallest absolute Gasteiger partial charge is 0.266 e. The van der Waals surface area contributed by atoms with Crippen LogP contribution in [0.1, 0.15) is 30.8 Å². The SMILES string of the molecule is Cc1ccccc1N1C(=O)[C@H]2[C@H](C(C)C)N[C@@]3(c4ccccc4-n4c3nc3ccccc3c4=O)[C@H]2C1=O. The van der Waals surface area contributed by atoms with Crippen molar-refractivity contribution in [1.29, 1.82) is 0 Å². The molecule has 0 bridgehead atoms. The fraction of sp³-hybridized carbons (Fsp3) is 0.267. The first kappa shape index (κ1) is 22.1. The lowest BCUT2D eigenvalue weighted by molar-refractivity contribution is -0.123. The van der Waals surface area contributed by atoms with Gasteiger partial charge in [-0.2, -0.15) is 0 Å². The maximum atomic E-state index is 14.4. The van der Waals surface area contributed by atoms with Gasteiger partial charge in [0.15, 0.2) is 0 Å². The second-order valence-corrected chi connectivity index (χ2v) is 10.6. The third-order valence-electron chi connectivity index (χ3n) is 8.37. The van der Waals surface area contributed by atoms with E-state index in [1.165, 1.54) is 4.90 Å². The maximum Gasteiger partial charge on any atom is 0.266 e. The van der Waals surface area contributed by atoms with Crippen LogP contribution in [-0.4, -0.2) is 27.4 Å². The molecule has 3 aliphatic heterocycles. The summed E-state index contributed by atoms with van der Waals surface area (Å²) in [6, 6.07) is 22.1. The van der Waals surface area contributed by atoms with E-state index in [-0.39, 0.29) is 29.3 Å². The van der Waals surface area contributed by atoms with E-state index in [9.17, 15) is 14.4 Å².